The van der Waals surface area contributed by atoms with Gasteiger partial charge in [0.2, 0.25) is 0 Å². The fourth-order valence-corrected chi connectivity index (χ4v) is 2.40. The molecular weight excluding hydrogens is 318 g/mol. The van der Waals surface area contributed by atoms with Crippen LogP contribution in [0.4, 0.5) is 4.79 Å². The Balaban J connectivity index is 1.73. The number of benzene rings is 1. The van der Waals surface area contributed by atoms with Crippen LogP contribution in [0.5, 0.6) is 5.75 Å². The zero-order valence-electron chi connectivity index (χ0n) is 13.3. The molecule has 1 aliphatic rings. The van der Waals surface area contributed by atoms with E-state index in [2.05, 4.69) is 5.32 Å². The van der Waals surface area contributed by atoms with Crippen LogP contribution in [0.3, 0.4) is 0 Å². The van der Waals surface area contributed by atoms with Gasteiger partial charge in [0.15, 0.2) is 6.61 Å². The van der Waals surface area contributed by atoms with Gasteiger partial charge in [0, 0.05) is 37.7 Å². The van der Waals surface area contributed by atoms with E-state index < -0.39 is 0 Å². The van der Waals surface area contributed by atoms with E-state index >= 15 is 0 Å². The Bertz CT molecular complexity index is 528. The lowest BCUT2D eigenvalue weighted by atomic mass is 10.3. The van der Waals surface area contributed by atoms with Crippen molar-refractivity contribution < 1.29 is 14.3 Å². The second-order valence-electron chi connectivity index (χ2n) is 5.34. The van der Waals surface area contributed by atoms with Crippen molar-refractivity contribution in [3.8, 4) is 5.75 Å². The quantitative estimate of drug-likeness (QED) is 0.892. The Hall–Kier alpha value is -1.95. The van der Waals surface area contributed by atoms with E-state index in [1.165, 1.54) is 0 Å². The maximum absolute atomic E-state index is 12.1. The van der Waals surface area contributed by atoms with E-state index in [1.54, 1.807) is 34.1 Å². The molecule has 7 heteroatoms. The third kappa shape index (κ3) is 5.32. The molecule has 0 radical (unpaired) electrons. The normalized spacial score (nSPS) is 14.5. The number of rotatable bonds is 5. The van der Waals surface area contributed by atoms with Gasteiger partial charge in [-0.25, -0.2) is 4.79 Å². The summed E-state index contributed by atoms with van der Waals surface area (Å²) in [6, 6.07) is 6.83. The number of carbonyl (C=O) groups excluding carboxylic acids is 2. The smallest absolute Gasteiger partial charge is 0.317 e. The van der Waals surface area contributed by atoms with Crippen LogP contribution in [0.1, 0.15) is 13.3 Å². The molecule has 1 N–H and O–H groups in total. The molecule has 1 aromatic carbocycles. The van der Waals surface area contributed by atoms with Gasteiger partial charge in [-0.05, 0) is 30.7 Å². The molecule has 2 rings (SSSR count). The SMILES string of the molecule is CCCNC(=O)N1CCN(C(=O)COc2ccc(Cl)cc2)CC1. The standard InChI is InChI=1S/C16H22ClN3O3/c1-2-7-18-16(22)20-10-8-19(9-11-20)15(21)12-23-14-5-3-13(17)4-6-14/h3-6H,2,7-12H2,1H3,(H,18,22). The van der Waals surface area contributed by atoms with Gasteiger partial charge in [-0.3, -0.25) is 4.79 Å². The van der Waals surface area contributed by atoms with Gasteiger partial charge in [0.05, 0.1) is 0 Å². The predicted molar refractivity (Wildman–Crippen MR) is 88.8 cm³/mol. The predicted octanol–water partition coefficient (Wildman–Crippen LogP) is 1.98. The molecule has 1 saturated heterocycles. The van der Waals surface area contributed by atoms with E-state index in [4.69, 9.17) is 16.3 Å². The molecule has 1 fully saturated rings. The van der Waals surface area contributed by atoms with E-state index in [-0.39, 0.29) is 18.5 Å². The number of ether oxygens (including phenoxy) is 1. The fourth-order valence-electron chi connectivity index (χ4n) is 2.27. The van der Waals surface area contributed by atoms with Crippen LogP contribution < -0.4 is 10.1 Å². The Labute approximate surface area is 141 Å². The van der Waals surface area contributed by atoms with Gasteiger partial charge in [-0.1, -0.05) is 18.5 Å². The van der Waals surface area contributed by atoms with Gasteiger partial charge in [0.1, 0.15) is 5.75 Å². The minimum Gasteiger partial charge on any atom is -0.484 e. The number of urea groups is 1. The molecule has 0 atom stereocenters. The zero-order chi connectivity index (χ0) is 16.7. The largest absolute Gasteiger partial charge is 0.484 e. The average molecular weight is 340 g/mol. The first kappa shape index (κ1) is 17.4. The maximum Gasteiger partial charge on any atom is 0.317 e. The van der Waals surface area contributed by atoms with Crippen molar-refractivity contribution in [2.45, 2.75) is 13.3 Å². The highest BCUT2D eigenvalue weighted by Gasteiger charge is 2.24. The van der Waals surface area contributed by atoms with Crippen molar-refractivity contribution in [1.29, 1.82) is 0 Å². The monoisotopic (exact) mass is 339 g/mol. The average Bonchev–Trinajstić information content (AvgIpc) is 2.59. The second-order valence-corrected chi connectivity index (χ2v) is 5.78. The summed E-state index contributed by atoms with van der Waals surface area (Å²) in [7, 11) is 0. The van der Waals surface area contributed by atoms with Crippen molar-refractivity contribution in [3.05, 3.63) is 29.3 Å². The van der Waals surface area contributed by atoms with E-state index in [0.717, 1.165) is 6.42 Å². The lowest BCUT2D eigenvalue weighted by molar-refractivity contribution is -0.134. The Morgan fingerprint density at radius 3 is 2.35 bits per heavy atom. The molecule has 0 spiro atoms. The third-order valence-corrected chi connectivity index (χ3v) is 3.87. The number of nitrogens with zero attached hydrogens (tertiary/aromatic N) is 2. The van der Waals surface area contributed by atoms with E-state index in [1.807, 2.05) is 6.92 Å². The van der Waals surface area contributed by atoms with Crippen molar-refractivity contribution in [1.82, 2.24) is 15.1 Å². The van der Waals surface area contributed by atoms with Crippen molar-refractivity contribution in [2.24, 2.45) is 0 Å². The van der Waals surface area contributed by atoms with Gasteiger partial charge >= 0.3 is 6.03 Å². The van der Waals surface area contributed by atoms with Crippen LogP contribution in [-0.2, 0) is 4.79 Å². The second kappa shape index (κ2) is 8.62. The summed E-state index contributed by atoms with van der Waals surface area (Å²) in [5.74, 6) is 0.536. The van der Waals surface area contributed by atoms with Crippen LogP contribution in [0.25, 0.3) is 0 Å². The third-order valence-electron chi connectivity index (χ3n) is 3.62. The van der Waals surface area contributed by atoms with Crippen LogP contribution in [0.15, 0.2) is 24.3 Å². The lowest BCUT2D eigenvalue weighted by Gasteiger charge is -2.34. The minimum atomic E-state index is -0.0754. The highest BCUT2D eigenvalue weighted by molar-refractivity contribution is 6.30. The fraction of sp³-hybridized carbons (Fsp3) is 0.500. The van der Waals surface area contributed by atoms with Crippen molar-refractivity contribution in [3.63, 3.8) is 0 Å². The van der Waals surface area contributed by atoms with Gasteiger partial charge in [-0.15, -0.1) is 0 Å². The minimum absolute atomic E-state index is 0.0103. The van der Waals surface area contributed by atoms with Crippen LogP contribution in [-0.4, -0.2) is 61.1 Å². The molecule has 6 nitrogen and oxygen atoms in total. The number of piperazine rings is 1. The first-order chi connectivity index (χ1) is 11.1. The van der Waals surface area contributed by atoms with Crippen molar-refractivity contribution in [2.75, 3.05) is 39.3 Å². The number of nitrogens with one attached hydrogen (secondary N) is 1. The van der Waals surface area contributed by atoms with Crippen LogP contribution in [0.2, 0.25) is 5.02 Å². The molecule has 0 bridgehead atoms. The Kier molecular flexibility index (Phi) is 6.52. The summed E-state index contributed by atoms with van der Waals surface area (Å²) in [5, 5.41) is 3.47. The first-order valence-corrected chi connectivity index (χ1v) is 8.17. The molecule has 0 aromatic heterocycles. The van der Waals surface area contributed by atoms with Gasteiger partial charge < -0.3 is 19.9 Å². The van der Waals surface area contributed by atoms with E-state index in [0.29, 0.717) is 43.5 Å². The number of carbonyl (C=O) groups is 2. The maximum atomic E-state index is 12.1. The lowest BCUT2D eigenvalue weighted by Crippen LogP contribution is -2.54. The molecule has 126 valence electrons. The molecule has 0 aliphatic carbocycles. The number of amides is 3. The summed E-state index contributed by atoms with van der Waals surface area (Å²) in [6.45, 7) is 4.82. The number of halogens is 1. The Morgan fingerprint density at radius 2 is 1.74 bits per heavy atom. The summed E-state index contributed by atoms with van der Waals surface area (Å²) in [6.07, 6.45) is 0.909. The number of hydrogen-bond donors (Lipinski definition) is 1. The summed E-state index contributed by atoms with van der Waals surface area (Å²) < 4.78 is 5.46. The van der Waals surface area contributed by atoms with Crippen LogP contribution >= 0.6 is 11.6 Å². The van der Waals surface area contributed by atoms with Crippen LogP contribution in [0, 0.1) is 0 Å². The summed E-state index contributed by atoms with van der Waals surface area (Å²) >= 11 is 5.80. The first-order valence-electron chi connectivity index (χ1n) is 7.79. The van der Waals surface area contributed by atoms with Crippen molar-refractivity contribution >= 4 is 23.5 Å². The molecule has 0 saturated carbocycles. The highest BCUT2D eigenvalue weighted by atomic mass is 35.5. The van der Waals surface area contributed by atoms with Gasteiger partial charge in [0.25, 0.3) is 5.91 Å². The molecule has 1 aliphatic heterocycles. The van der Waals surface area contributed by atoms with Gasteiger partial charge in [-0.2, -0.15) is 0 Å². The highest BCUT2D eigenvalue weighted by Crippen LogP contribution is 2.15. The number of hydrogen-bond acceptors (Lipinski definition) is 3. The molecular formula is C16H22ClN3O3. The molecule has 1 heterocycles. The molecule has 0 unspecified atom stereocenters. The molecule has 3 amide bonds. The van der Waals surface area contributed by atoms with E-state index in [9.17, 15) is 9.59 Å². The summed E-state index contributed by atoms with van der Waals surface area (Å²) in [4.78, 5) is 27.4. The Morgan fingerprint density at radius 1 is 1.13 bits per heavy atom. The molecule has 23 heavy (non-hydrogen) atoms. The topological polar surface area (TPSA) is 61.9 Å². The zero-order valence-corrected chi connectivity index (χ0v) is 14.0. The molecule has 1 aromatic rings. The summed E-state index contributed by atoms with van der Waals surface area (Å²) in [5.41, 5.74) is 0.